The van der Waals surface area contributed by atoms with Crippen molar-refractivity contribution in [3.63, 3.8) is 0 Å². The lowest BCUT2D eigenvalue weighted by atomic mass is 10.2. The predicted molar refractivity (Wildman–Crippen MR) is 96.3 cm³/mol. The zero-order chi connectivity index (χ0) is 19.2. The fourth-order valence-electron chi connectivity index (χ4n) is 2.87. The first-order valence-electron chi connectivity index (χ1n) is 7.82. The van der Waals surface area contributed by atoms with E-state index in [0.29, 0.717) is 22.6 Å². The van der Waals surface area contributed by atoms with Gasteiger partial charge in [-0.3, -0.25) is 0 Å². The Balaban J connectivity index is 1.82. The molecule has 0 spiro atoms. The molecule has 138 valence electrons. The van der Waals surface area contributed by atoms with E-state index in [1.165, 1.54) is 19.2 Å². The van der Waals surface area contributed by atoms with Crippen molar-refractivity contribution in [3.05, 3.63) is 54.2 Å². The Bertz CT molecular complexity index is 1290. The van der Waals surface area contributed by atoms with Crippen LogP contribution in [0.2, 0.25) is 0 Å². The van der Waals surface area contributed by atoms with Crippen molar-refractivity contribution < 1.29 is 17.5 Å². The van der Waals surface area contributed by atoms with E-state index in [0.717, 1.165) is 17.0 Å². The fourth-order valence-corrected chi connectivity index (χ4v) is 3.40. The van der Waals surface area contributed by atoms with E-state index in [-0.39, 0.29) is 11.4 Å². The van der Waals surface area contributed by atoms with E-state index in [9.17, 15) is 12.8 Å². The molecule has 8 nitrogen and oxygen atoms in total. The normalized spacial score (nSPS) is 12.0. The Kier molecular flexibility index (Phi) is 4.01. The molecule has 3 heterocycles. The summed E-state index contributed by atoms with van der Waals surface area (Å²) in [4.78, 5) is 12.6. The number of imidazole rings is 1. The van der Waals surface area contributed by atoms with Gasteiger partial charge in [-0.05, 0) is 18.2 Å². The second-order valence-electron chi connectivity index (χ2n) is 5.89. The van der Waals surface area contributed by atoms with Gasteiger partial charge in [0, 0.05) is 17.0 Å². The van der Waals surface area contributed by atoms with Crippen molar-refractivity contribution in [2.24, 2.45) is 5.14 Å². The lowest BCUT2D eigenvalue weighted by molar-refractivity contribution is 0.399. The van der Waals surface area contributed by atoms with E-state index in [4.69, 9.17) is 9.88 Å². The number of nitrogens with two attached hydrogens (primary N) is 1. The van der Waals surface area contributed by atoms with E-state index in [1.54, 1.807) is 23.2 Å². The highest BCUT2D eigenvalue weighted by Gasteiger charge is 2.14. The number of halogens is 1. The molecule has 0 radical (unpaired) electrons. The summed E-state index contributed by atoms with van der Waals surface area (Å²) in [7, 11) is -2.44. The molecule has 27 heavy (non-hydrogen) atoms. The van der Waals surface area contributed by atoms with Gasteiger partial charge in [-0.2, -0.15) is 4.98 Å². The summed E-state index contributed by atoms with van der Waals surface area (Å²) < 4.78 is 44.0. The lowest BCUT2D eigenvalue weighted by Gasteiger charge is -2.09. The monoisotopic (exact) mass is 387 g/mol. The van der Waals surface area contributed by atoms with Crippen molar-refractivity contribution in [1.29, 1.82) is 0 Å². The number of rotatable bonds is 4. The van der Waals surface area contributed by atoms with Gasteiger partial charge in [0.25, 0.3) is 0 Å². The zero-order valence-corrected chi connectivity index (χ0v) is 14.9. The second-order valence-corrected chi connectivity index (χ2v) is 7.45. The summed E-state index contributed by atoms with van der Waals surface area (Å²) in [5.41, 5.74) is 2.16. The van der Waals surface area contributed by atoms with Crippen LogP contribution in [0.25, 0.3) is 22.1 Å². The highest BCUT2D eigenvalue weighted by molar-refractivity contribution is 7.89. The Labute approximate surface area is 153 Å². The van der Waals surface area contributed by atoms with Gasteiger partial charge in [0.05, 0.1) is 36.6 Å². The van der Waals surface area contributed by atoms with E-state index in [2.05, 4.69) is 15.0 Å². The summed E-state index contributed by atoms with van der Waals surface area (Å²) in [5, 5.41) is 5.78. The fraction of sp³-hybridized carbons (Fsp3) is 0.118. The maximum atomic E-state index is 14.4. The quantitative estimate of drug-likeness (QED) is 0.571. The number of aromatic nitrogens is 4. The van der Waals surface area contributed by atoms with Gasteiger partial charge in [-0.1, -0.05) is 6.07 Å². The van der Waals surface area contributed by atoms with Gasteiger partial charge >= 0.3 is 0 Å². The number of benzene rings is 1. The molecule has 2 N–H and O–H groups in total. The molecule has 0 amide bonds. The number of hydrogen-bond acceptors (Lipinski definition) is 6. The largest absolute Gasteiger partial charge is 0.481 e. The summed E-state index contributed by atoms with van der Waals surface area (Å²) in [6.45, 7) is 0.151. The molecule has 1 aromatic carbocycles. The first-order chi connectivity index (χ1) is 12.9. The van der Waals surface area contributed by atoms with Crippen molar-refractivity contribution in [2.45, 2.75) is 11.4 Å². The molecular formula is C17H14FN5O3S. The van der Waals surface area contributed by atoms with Gasteiger partial charge in [-0.25, -0.2) is 27.9 Å². The third-order valence-electron chi connectivity index (χ3n) is 4.18. The summed E-state index contributed by atoms with van der Waals surface area (Å²) in [6.07, 6.45) is 3.16. The smallest absolute Gasteiger partial charge is 0.238 e. The summed E-state index contributed by atoms with van der Waals surface area (Å²) in [5.74, 6) is -0.230. The van der Waals surface area contributed by atoms with Crippen molar-refractivity contribution in [1.82, 2.24) is 19.5 Å². The SMILES string of the molecule is COc1ccc2c(ncc3ncn(Cc4ccc(S(N)(=O)=O)cc4F)c32)n1. The molecule has 0 unspecified atom stereocenters. The topological polar surface area (TPSA) is 113 Å². The minimum atomic E-state index is -3.96. The molecule has 4 aromatic rings. The molecule has 0 saturated heterocycles. The average molecular weight is 387 g/mol. The average Bonchev–Trinajstić information content (AvgIpc) is 3.05. The molecule has 0 aliphatic heterocycles. The molecule has 0 aliphatic rings. The molecule has 4 rings (SSSR count). The molecule has 0 fully saturated rings. The zero-order valence-electron chi connectivity index (χ0n) is 14.1. The van der Waals surface area contributed by atoms with Crippen molar-refractivity contribution in [3.8, 4) is 5.88 Å². The number of methoxy groups -OCH3 is 1. The number of nitrogens with zero attached hydrogens (tertiary/aromatic N) is 4. The van der Waals surface area contributed by atoms with Crippen LogP contribution in [0, 0.1) is 5.82 Å². The van der Waals surface area contributed by atoms with Gasteiger partial charge in [0.1, 0.15) is 11.3 Å². The second kappa shape index (κ2) is 6.25. The van der Waals surface area contributed by atoms with E-state index < -0.39 is 15.8 Å². The molecular weight excluding hydrogens is 373 g/mol. The molecule has 0 bridgehead atoms. The van der Waals surface area contributed by atoms with Crippen LogP contribution >= 0.6 is 0 Å². The number of ether oxygens (including phenoxy) is 1. The number of pyridine rings is 2. The first kappa shape index (κ1) is 17.3. The Hall–Kier alpha value is -3.11. The van der Waals surface area contributed by atoms with E-state index >= 15 is 0 Å². The Morgan fingerprint density at radius 3 is 2.74 bits per heavy atom. The molecule has 0 atom stereocenters. The minimum absolute atomic E-state index is 0.151. The maximum absolute atomic E-state index is 14.4. The number of fused-ring (bicyclic) bond motifs is 3. The van der Waals surface area contributed by atoms with Gasteiger partial charge in [0.2, 0.25) is 15.9 Å². The molecule has 3 aromatic heterocycles. The standard InChI is InChI=1S/C17H14FN5O3S/c1-26-15-5-4-12-16-14(7-20-17(12)22-15)21-9-23(16)8-10-2-3-11(6-13(10)18)27(19,24)25/h2-7,9H,8H2,1H3,(H2,19,24,25). The van der Waals surface area contributed by atoms with Crippen LogP contribution in [-0.4, -0.2) is 35.0 Å². The van der Waals surface area contributed by atoms with Crippen LogP contribution in [0.15, 0.2) is 47.8 Å². The third kappa shape index (κ3) is 3.09. The number of primary sulfonamides is 1. The van der Waals surface area contributed by atoms with Crippen molar-refractivity contribution in [2.75, 3.05) is 7.11 Å². The number of hydrogen-bond donors (Lipinski definition) is 1. The first-order valence-corrected chi connectivity index (χ1v) is 9.37. The van der Waals surface area contributed by atoms with Gasteiger partial charge < -0.3 is 9.30 Å². The van der Waals surface area contributed by atoms with Crippen molar-refractivity contribution >= 4 is 32.1 Å². The van der Waals surface area contributed by atoms with Crippen LogP contribution in [-0.2, 0) is 16.6 Å². The van der Waals surface area contributed by atoms with Gasteiger partial charge in [-0.15, -0.1) is 0 Å². The molecule has 0 saturated carbocycles. The minimum Gasteiger partial charge on any atom is -0.481 e. The van der Waals surface area contributed by atoms with Crippen LogP contribution in [0.5, 0.6) is 5.88 Å². The molecule has 10 heteroatoms. The van der Waals surface area contributed by atoms with Crippen LogP contribution in [0.3, 0.4) is 0 Å². The predicted octanol–water partition coefficient (Wildman–Crippen LogP) is 1.82. The lowest BCUT2D eigenvalue weighted by Crippen LogP contribution is -2.13. The maximum Gasteiger partial charge on any atom is 0.238 e. The highest BCUT2D eigenvalue weighted by atomic mass is 32.2. The Morgan fingerprint density at radius 1 is 1.22 bits per heavy atom. The number of sulfonamides is 1. The summed E-state index contributed by atoms with van der Waals surface area (Å²) >= 11 is 0. The highest BCUT2D eigenvalue weighted by Crippen LogP contribution is 2.25. The van der Waals surface area contributed by atoms with Crippen LogP contribution < -0.4 is 9.88 Å². The van der Waals surface area contributed by atoms with Gasteiger partial charge in [0.15, 0.2) is 5.65 Å². The van der Waals surface area contributed by atoms with E-state index in [1.807, 2.05) is 6.07 Å². The third-order valence-corrected chi connectivity index (χ3v) is 5.09. The molecule has 0 aliphatic carbocycles. The summed E-state index contributed by atoms with van der Waals surface area (Å²) in [6, 6.07) is 7.11. The Morgan fingerprint density at radius 2 is 2.04 bits per heavy atom. The van der Waals surface area contributed by atoms with Crippen LogP contribution in [0.1, 0.15) is 5.56 Å². The van der Waals surface area contributed by atoms with Crippen LogP contribution in [0.4, 0.5) is 4.39 Å².